The van der Waals surface area contributed by atoms with Crippen LogP contribution in [0.15, 0.2) is 60.7 Å². The fraction of sp³-hybridized carbons (Fsp3) is 0.227. The minimum absolute atomic E-state index is 0.0147. The zero-order valence-corrected chi connectivity index (χ0v) is 16.9. The summed E-state index contributed by atoms with van der Waals surface area (Å²) in [4.78, 5) is 33.5. The zero-order valence-electron chi connectivity index (χ0n) is 16.9. The Hall–Kier alpha value is -3.81. The highest BCUT2D eigenvalue weighted by molar-refractivity contribution is 5.76. The van der Waals surface area contributed by atoms with Gasteiger partial charge in [-0.15, -0.1) is 0 Å². The standard InChI is InChI=1S/C22H23N5O3/c1-16-13-20(25-22(24-16)18-9-6-10-19(14-18)27(29)30)23-12-11-21(28)26(2)15-17-7-4-3-5-8-17/h3-10,13-14H,11-12,15H2,1-2H3,(H,23,24,25). The van der Waals surface area contributed by atoms with Crippen molar-refractivity contribution in [1.82, 2.24) is 14.9 Å². The van der Waals surface area contributed by atoms with Gasteiger partial charge in [-0.3, -0.25) is 14.9 Å². The van der Waals surface area contributed by atoms with Crippen LogP contribution in [0.3, 0.4) is 0 Å². The van der Waals surface area contributed by atoms with Gasteiger partial charge < -0.3 is 10.2 Å². The van der Waals surface area contributed by atoms with Gasteiger partial charge in [-0.2, -0.15) is 0 Å². The first kappa shape index (κ1) is 20.9. The third-order valence-electron chi connectivity index (χ3n) is 4.50. The highest BCUT2D eigenvalue weighted by Crippen LogP contribution is 2.22. The number of hydrogen-bond donors (Lipinski definition) is 1. The molecule has 0 spiro atoms. The molecule has 1 N–H and O–H groups in total. The number of rotatable bonds is 8. The molecule has 2 aromatic carbocycles. The SMILES string of the molecule is Cc1cc(NCCC(=O)N(C)Cc2ccccc2)nc(-c2cccc([N+](=O)[O-])c2)n1. The molecule has 1 heterocycles. The summed E-state index contributed by atoms with van der Waals surface area (Å²) < 4.78 is 0. The summed E-state index contributed by atoms with van der Waals surface area (Å²) in [5.74, 6) is 0.993. The smallest absolute Gasteiger partial charge is 0.270 e. The summed E-state index contributed by atoms with van der Waals surface area (Å²) in [6.45, 7) is 2.80. The maximum Gasteiger partial charge on any atom is 0.270 e. The predicted octanol–water partition coefficient (Wildman–Crippen LogP) is 3.82. The van der Waals surface area contributed by atoms with Gasteiger partial charge in [0.25, 0.3) is 5.69 Å². The molecule has 0 unspecified atom stereocenters. The quantitative estimate of drug-likeness (QED) is 0.452. The summed E-state index contributed by atoms with van der Waals surface area (Å²) in [5, 5.41) is 14.2. The number of aryl methyl sites for hydroxylation is 1. The van der Waals surface area contributed by atoms with E-state index in [2.05, 4.69) is 15.3 Å². The molecule has 0 fully saturated rings. The second kappa shape index (κ2) is 9.60. The number of carbonyl (C=O) groups excluding carboxylic acids is 1. The molecule has 0 aliphatic heterocycles. The third-order valence-corrected chi connectivity index (χ3v) is 4.50. The number of nitrogens with zero attached hydrogens (tertiary/aromatic N) is 4. The van der Waals surface area contributed by atoms with Crippen LogP contribution >= 0.6 is 0 Å². The number of non-ortho nitro benzene ring substituents is 1. The molecule has 8 nitrogen and oxygen atoms in total. The first-order valence-electron chi connectivity index (χ1n) is 9.54. The molecule has 0 bridgehead atoms. The molecule has 0 saturated carbocycles. The molecular formula is C22H23N5O3. The number of amides is 1. The van der Waals surface area contributed by atoms with Gasteiger partial charge in [0, 0.05) is 56.0 Å². The highest BCUT2D eigenvalue weighted by atomic mass is 16.6. The monoisotopic (exact) mass is 405 g/mol. The largest absolute Gasteiger partial charge is 0.369 e. The molecule has 0 atom stereocenters. The van der Waals surface area contributed by atoms with E-state index in [4.69, 9.17) is 0 Å². The first-order valence-corrected chi connectivity index (χ1v) is 9.54. The second-order valence-electron chi connectivity index (χ2n) is 6.94. The van der Waals surface area contributed by atoms with E-state index in [-0.39, 0.29) is 11.6 Å². The van der Waals surface area contributed by atoms with Crippen molar-refractivity contribution in [2.75, 3.05) is 18.9 Å². The number of nitrogens with one attached hydrogen (secondary N) is 1. The van der Waals surface area contributed by atoms with Crippen molar-refractivity contribution in [3.8, 4) is 11.4 Å². The Morgan fingerprint density at radius 3 is 2.60 bits per heavy atom. The Morgan fingerprint density at radius 2 is 1.87 bits per heavy atom. The molecule has 30 heavy (non-hydrogen) atoms. The van der Waals surface area contributed by atoms with Gasteiger partial charge in [0.15, 0.2) is 5.82 Å². The maximum absolute atomic E-state index is 12.4. The van der Waals surface area contributed by atoms with E-state index < -0.39 is 4.92 Å². The Morgan fingerprint density at radius 1 is 1.10 bits per heavy atom. The van der Waals surface area contributed by atoms with Crippen LogP contribution in [0.25, 0.3) is 11.4 Å². The van der Waals surface area contributed by atoms with E-state index in [1.54, 1.807) is 30.1 Å². The lowest BCUT2D eigenvalue weighted by molar-refractivity contribution is -0.384. The Labute approximate surface area is 174 Å². The van der Waals surface area contributed by atoms with Gasteiger partial charge in [0.05, 0.1) is 4.92 Å². The van der Waals surface area contributed by atoms with E-state index in [1.807, 2.05) is 37.3 Å². The van der Waals surface area contributed by atoms with Crippen molar-refractivity contribution >= 4 is 17.4 Å². The van der Waals surface area contributed by atoms with Gasteiger partial charge in [0.2, 0.25) is 5.91 Å². The zero-order chi connectivity index (χ0) is 21.5. The van der Waals surface area contributed by atoms with Crippen LogP contribution in [-0.4, -0.2) is 39.3 Å². The number of aromatic nitrogens is 2. The average Bonchev–Trinajstić information content (AvgIpc) is 2.74. The normalized spacial score (nSPS) is 10.5. The minimum Gasteiger partial charge on any atom is -0.369 e. The molecule has 3 aromatic rings. The number of hydrogen-bond acceptors (Lipinski definition) is 6. The van der Waals surface area contributed by atoms with E-state index >= 15 is 0 Å². The molecule has 0 saturated heterocycles. The third kappa shape index (κ3) is 5.60. The molecule has 8 heteroatoms. The van der Waals surface area contributed by atoms with E-state index in [0.29, 0.717) is 36.7 Å². The van der Waals surface area contributed by atoms with Crippen molar-refractivity contribution in [1.29, 1.82) is 0 Å². The molecule has 3 rings (SSSR count). The van der Waals surface area contributed by atoms with Crippen LogP contribution in [-0.2, 0) is 11.3 Å². The molecule has 0 radical (unpaired) electrons. The second-order valence-corrected chi connectivity index (χ2v) is 6.94. The number of nitro groups is 1. The van der Waals surface area contributed by atoms with Crippen LogP contribution in [0.2, 0.25) is 0 Å². The highest BCUT2D eigenvalue weighted by Gasteiger charge is 2.12. The number of nitro benzene ring substituents is 1. The maximum atomic E-state index is 12.4. The lowest BCUT2D eigenvalue weighted by Gasteiger charge is -2.17. The van der Waals surface area contributed by atoms with Crippen LogP contribution in [0.5, 0.6) is 0 Å². The Balaban J connectivity index is 1.61. The Bertz CT molecular complexity index is 1040. The molecule has 0 aliphatic rings. The minimum atomic E-state index is -0.448. The predicted molar refractivity (Wildman–Crippen MR) is 115 cm³/mol. The van der Waals surface area contributed by atoms with E-state index in [1.165, 1.54) is 12.1 Å². The van der Waals surface area contributed by atoms with Crippen LogP contribution < -0.4 is 5.32 Å². The van der Waals surface area contributed by atoms with Gasteiger partial charge >= 0.3 is 0 Å². The molecule has 1 aromatic heterocycles. The van der Waals surface area contributed by atoms with Crippen LogP contribution in [0.1, 0.15) is 17.7 Å². The fourth-order valence-corrected chi connectivity index (χ4v) is 2.98. The molecule has 154 valence electrons. The van der Waals surface area contributed by atoms with Crippen molar-refractivity contribution in [3.63, 3.8) is 0 Å². The van der Waals surface area contributed by atoms with Gasteiger partial charge in [0.1, 0.15) is 5.82 Å². The number of benzene rings is 2. The summed E-state index contributed by atoms with van der Waals surface area (Å²) in [5.41, 5.74) is 2.35. The Kier molecular flexibility index (Phi) is 6.69. The van der Waals surface area contributed by atoms with Gasteiger partial charge in [-0.25, -0.2) is 9.97 Å². The summed E-state index contributed by atoms with van der Waals surface area (Å²) in [7, 11) is 1.78. The summed E-state index contributed by atoms with van der Waals surface area (Å²) in [6.07, 6.45) is 0.318. The topological polar surface area (TPSA) is 101 Å². The van der Waals surface area contributed by atoms with Crippen molar-refractivity contribution < 1.29 is 9.72 Å². The van der Waals surface area contributed by atoms with E-state index in [0.717, 1.165) is 11.3 Å². The lowest BCUT2D eigenvalue weighted by atomic mass is 10.2. The summed E-state index contributed by atoms with van der Waals surface area (Å²) >= 11 is 0. The summed E-state index contributed by atoms with van der Waals surface area (Å²) in [6, 6.07) is 17.8. The lowest BCUT2D eigenvalue weighted by Crippen LogP contribution is -2.27. The molecule has 0 aliphatic carbocycles. The van der Waals surface area contributed by atoms with Gasteiger partial charge in [-0.1, -0.05) is 42.5 Å². The fourth-order valence-electron chi connectivity index (χ4n) is 2.98. The van der Waals surface area contributed by atoms with Crippen molar-refractivity contribution in [2.45, 2.75) is 19.9 Å². The number of carbonyl (C=O) groups is 1. The van der Waals surface area contributed by atoms with Crippen molar-refractivity contribution in [3.05, 3.63) is 82.0 Å². The average molecular weight is 405 g/mol. The van der Waals surface area contributed by atoms with E-state index in [9.17, 15) is 14.9 Å². The van der Waals surface area contributed by atoms with Crippen molar-refractivity contribution in [2.24, 2.45) is 0 Å². The number of anilines is 1. The van der Waals surface area contributed by atoms with Gasteiger partial charge in [-0.05, 0) is 12.5 Å². The first-order chi connectivity index (χ1) is 14.4. The molecular weight excluding hydrogens is 382 g/mol. The molecule has 1 amide bonds. The van der Waals surface area contributed by atoms with Crippen LogP contribution in [0, 0.1) is 17.0 Å². The van der Waals surface area contributed by atoms with Crippen LogP contribution in [0.4, 0.5) is 11.5 Å².